The van der Waals surface area contributed by atoms with E-state index in [-0.39, 0.29) is 38.0 Å². The van der Waals surface area contributed by atoms with Gasteiger partial charge in [-0.1, -0.05) is 40.6 Å². The molecule has 2 aromatic carbocycles. The van der Waals surface area contributed by atoms with E-state index in [9.17, 15) is 9.59 Å². The van der Waals surface area contributed by atoms with E-state index in [2.05, 4.69) is 10.3 Å². The van der Waals surface area contributed by atoms with Gasteiger partial charge in [0.1, 0.15) is 10.7 Å². The number of hydrogen-bond donors (Lipinski definition) is 3. The van der Waals surface area contributed by atoms with Gasteiger partial charge in [0.2, 0.25) is 11.7 Å². The number of thioether (sulfide) groups is 1. The maximum Gasteiger partial charge on any atom is 0.218 e. The Morgan fingerprint density at radius 3 is 2.38 bits per heavy atom. The second kappa shape index (κ2) is 9.49. The third-order valence-corrected chi connectivity index (χ3v) is 6.40. The van der Waals surface area contributed by atoms with Gasteiger partial charge in [-0.2, -0.15) is 0 Å². The Hall–Kier alpha value is -2.26. The van der Waals surface area contributed by atoms with Crippen molar-refractivity contribution in [2.75, 3.05) is 16.8 Å². The minimum Gasteiger partial charge on any atom is -0.382 e. The number of carbonyl (C=O) groups excluding carboxylic acids is 2. The summed E-state index contributed by atoms with van der Waals surface area (Å²) in [5.41, 5.74) is 12.1. The molecule has 0 saturated heterocycles. The van der Waals surface area contributed by atoms with E-state index in [0.717, 1.165) is 21.9 Å². The summed E-state index contributed by atoms with van der Waals surface area (Å²) in [6, 6.07) is 12.4. The minimum atomic E-state index is -0.371. The number of rotatable bonds is 8. The normalized spacial score (nSPS) is 10.7. The molecule has 5 N–H and O–H groups in total. The Morgan fingerprint density at radius 1 is 1.10 bits per heavy atom. The van der Waals surface area contributed by atoms with Gasteiger partial charge < -0.3 is 16.8 Å². The molecule has 3 aromatic rings. The largest absolute Gasteiger partial charge is 0.382 e. The van der Waals surface area contributed by atoms with Gasteiger partial charge in [0.25, 0.3) is 0 Å². The lowest BCUT2D eigenvalue weighted by Crippen LogP contribution is -2.10. The number of nitrogens with zero attached hydrogens (tertiary/aromatic N) is 1. The van der Waals surface area contributed by atoms with E-state index < -0.39 is 0 Å². The number of anilines is 3. The van der Waals surface area contributed by atoms with Crippen molar-refractivity contribution in [3.63, 3.8) is 0 Å². The molecular formula is C19H16Cl2N4O2S2. The zero-order valence-corrected chi connectivity index (χ0v) is 18.1. The SMILES string of the molecule is NC(=O)CCSc1ccc(Nc2nc(N)c(C(=O)c3c(Cl)cccc3Cl)s2)cc1. The summed E-state index contributed by atoms with van der Waals surface area (Å²) >= 11 is 14.9. The van der Waals surface area contributed by atoms with Crippen LogP contribution in [0.5, 0.6) is 0 Å². The van der Waals surface area contributed by atoms with Crippen molar-refractivity contribution in [1.82, 2.24) is 4.98 Å². The molecule has 3 rings (SSSR count). The number of aromatic nitrogens is 1. The van der Waals surface area contributed by atoms with Crippen molar-refractivity contribution in [2.45, 2.75) is 11.3 Å². The number of primary amides is 1. The highest BCUT2D eigenvalue weighted by Crippen LogP contribution is 2.34. The summed E-state index contributed by atoms with van der Waals surface area (Å²) in [6.07, 6.45) is 0.329. The average molecular weight is 467 g/mol. The van der Waals surface area contributed by atoms with Gasteiger partial charge in [0.05, 0.1) is 15.6 Å². The van der Waals surface area contributed by atoms with Crippen LogP contribution in [0.25, 0.3) is 0 Å². The number of carbonyl (C=O) groups is 2. The van der Waals surface area contributed by atoms with Gasteiger partial charge in [-0.3, -0.25) is 9.59 Å². The molecule has 1 aromatic heterocycles. The van der Waals surface area contributed by atoms with Crippen molar-refractivity contribution in [2.24, 2.45) is 5.73 Å². The Morgan fingerprint density at radius 2 is 1.76 bits per heavy atom. The average Bonchev–Trinajstić information content (AvgIpc) is 3.03. The molecule has 150 valence electrons. The highest BCUT2D eigenvalue weighted by Gasteiger charge is 2.22. The Labute approximate surface area is 185 Å². The predicted octanol–water partition coefficient (Wildman–Crippen LogP) is 4.97. The quantitative estimate of drug-likeness (QED) is 0.319. The molecule has 10 heteroatoms. The molecule has 29 heavy (non-hydrogen) atoms. The van der Waals surface area contributed by atoms with E-state index >= 15 is 0 Å². The highest BCUT2D eigenvalue weighted by atomic mass is 35.5. The molecule has 1 heterocycles. The van der Waals surface area contributed by atoms with Crippen LogP contribution in [-0.2, 0) is 4.79 Å². The van der Waals surface area contributed by atoms with Gasteiger partial charge in [0.15, 0.2) is 5.13 Å². The van der Waals surface area contributed by atoms with Crippen LogP contribution in [0.2, 0.25) is 10.0 Å². The van der Waals surface area contributed by atoms with Crippen LogP contribution in [0.3, 0.4) is 0 Å². The van der Waals surface area contributed by atoms with Crippen LogP contribution >= 0.6 is 46.3 Å². The zero-order valence-electron chi connectivity index (χ0n) is 14.9. The molecule has 0 aliphatic rings. The fourth-order valence-electron chi connectivity index (χ4n) is 2.40. The molecular weight excluding hydrogens is 451 g/mol. The van der Waals surface area contributed by atoms with E-state index in [1.54, 1.807) is 30.0 Å². The van der Waals surface area contributed by atoms with Crippen molar-refractivity contribution >= 4 is 74.6 Å². The van der Waals surface area contributed by atoms with Crippen LogP contribution in [0.4, 0.5) is 16.6 Å². The molecule has 0 saturated carbocycles. The summed E-state index contributed by atoms with van der Waals surface area (Å²) < 4.78 is 0. The molecule has 6 nitrogen and oxygen atoms in total. The molecule has 0 aliphatic carbocycles. The molecule has 1 amide bonds. The third-order valence-electron chi connectivity index (χ3n) is 3.77. The topological polar surface area (TPSA) is 111 Å². The summed E-state index contributed by atoms with van der Waals surface area (Å²) in [4.78, 5) is 29.1. The Balaban J connectivity index is 1.72. The number of hydrogen-bond acceptors (Lipinski definition) is 7. The molecule has 0 bridgehead atoms. The lowest BCUT2D eigenvalue weighted by Gasteiger charge is -2.05. The lowest BCUT2D eigenvalue weighted by molar-refractivity contribution is -0.117. The van der Waals surface area contributed by atoms with Crippen LogP contribution in [0.1, 0.15) is 21.7 Å². The van der Waals surface area contributed by atoms with Crippen molar-refractivity contribution in [1.29, 1.82) is 0 Å². The second-order valence-corrected chi connectivity index (χ2v) is 8.86. The molecule has 0 unspecified atom stereocenters. The summed E-state index contributed by atoms with van der Waals surface area (Å²) in [7, 11) is 0. The van der Waals surface area contributed by atoms with Crippen LogP contribution < -0.4 is 16.8 Å². The van der Waals surface area contributed by atoms with Gasteiger partial charge in [-0.05, 0) is 36.4 Å². The number of thiazole rings is 1. The highest BCUT2D eigenvalue weighted by molar-refractivity contribution is 7.99. The van der Waals surface area contributed by atoms with E-state index in [1.165, 1.54) is 0 Å². The molecule has 0 spiro atoms. The predicted molar refractivity (Wildman–Crippen MR) is 121 cm³/mol. The zero-order chi connectivity index (χ0) is 21.0. The monoisotopic (exact) mass is 466 g/mol. The first-order valence-electron chi connectivity index (χ1n) is 8.38. The Kier molecular flexibility index (Phi) is 7.02. The van der Waals surface area contributed by atoms with E-state index in [1.807, 2.05) is 24.3 Å². The van der Waals surface area contributed by atoms with Crippen molar-refractivity contribution < 1.29 is 9.59 Å². The van der Waals surface area contributed by atoms with E-state index in [0.29, 0.717) is 17.3 Å². The number of nitrogens with two attached hydrogens (primary N) is 2. The maximum atomic E-state index is 12.8. The number of amides is 1. The fraction of sp³-hybridized carbons (Fsp3) is 0.105. The van der Waals surface area contributed by atoms with Crippen molar-refractivity contribution in [3.05, 3.63) is 63.0 Å². The maximum absolute atomic E-state index is 12.8. The summed E-state index contributed by atoms with van der Waals surface area (Å²) in [5, 5.41) is 4.12. The van der Waals surface area contributed by atoms with E-state index in [4.69, 9.17) is 34.7 Å². The molecule has 0 radical (unpaired) electrons. The fourth-order valence-corrected chi connectivity index (χ4v) is 4.69. The number of nitrogens with one attached hydrogen (secondary N) is 1. The first-order valence-corrected chi connectivity index (χ1v) is 10.9. The second-order valence-electron chi connectivity index (χ2n) is 5.87. The van der Waals surface area contributed by atoms with Crippen molar-refractivity contribution in [3.8, 4) is 0 Å². The molecule has 0 aliphatic heterocycles. The number of nitrogen functional groups attached to an aromatic ring is 1. The summed E-state index contributed by atoms with van der Waals surface area (Å²) in [5.74, 6) is 0.0452. The van der Waals surface area contributed by atoms with Crippen LogP contribution in [0.15, 0.2) is 47.4 Å². The van der Waals surface area contributed by atoms with Crippen LogP contribution in [-0.4, -0.2) is 22.4 Å². The smallest absolute Gasteiger partial charge is 0.218 e. The number of benzene rings is 2. The first-order chi connectivity index (χ1) is 13.8. The minimum absolute atomic E-state index is 0.108. The molecule has 0 atom stereocenters. The Bertz CT molecular complexity index is 1030. The third kappa shape index (κ3) is 5.42. The van der Waals surface area contributed by atoms with Gasteiger partial charge in [0, 0.05) is 22.8 Å². The van der Waals surface area contributed by atoms with Gasteiger partial charge in [-0.15, -0.1) is 11.8 Å². The van der Waals surface area contributed by atoms with Crippen LogP contribution in [0, 0.1) is 0 Å². The summed E-state index contributed by atoms with van der Waals surface area (Å²) in [6.45, 7) is 0. The lowest BCUT2D eigenvalue weighted by atomic mass is 10.1. The van der Waals surface area contributed by atoms with Gasteiger partial charge >= 0.3 is 0 Å². The molecule has 0 fully saturated rings. The standard InChI is InChI=1S/C19H16Cl2N4O2S2/c20-12-2-1-3-13(21)15(12)16(27)17-18(23)25-19(29-17)24-10-4-6-11(7-5-10)28-9-8-14(22)26/h1-7H,8-9,23H2,(H2,22,26)(H,24,25). The first kappa shape index (κ1) is 21.4. The number of ketones is 1. The van der Waals surface area contributed by atoms with Gasteiger partial charge in [-0.25, -0.2) is 4.98 Å². The number of halogens is 2.